The highest BCUT2D eigenvalue weighted by molar-refractivity contribution is 5.98. The summed E-state index contributed by atoms with van der Waals surface area (Å²) in [6.45, 7) is 1.26. The Labute approximate surface area is 106 Å². The number of halogens is 2. The molecule has 0 saturated carbocycles. The fourth-order valence-electron chi connectivity index (χ4n) is 1.70. The summed E-state index contributed by atoms with van der Waals surface area (Å²) in [4.78, 5) is 11.9. The van der Waals surface area contributed by atoms with Crippen LogP contribution in [0.2, 0.25) is 0 Å². The van der Waals surface area contributed by atoms with Crippen molar-refractivity contribution in [2.24, 2.45) is 5.92 Å². The lowest BCUT2D eigenvalue weighted by molar-refractivity contribution is -0.0501. The van der Waals surface area contributed by atoms with E-state index in [1.807, 2.05) is 0 Å². The Hall–Kier alpha value is -1.45. The quantitative estimate of drug-likeness (QED) is 0.680. The van der Waals surface area contributed by atoms with Gasteiger partial charge in [0.25, 0.3) is 0 Å². The molecule has 0 heterocycles. The summed E-state index contributed by atoms with van der Waals surface area (Å²) in [5.41, 5.74) is 0.238. The van der Waals surface area contributed by atoms with Crippen LogP contribution < -0.4 is 4.74 Å². The molecule has 0 aliphatic carbocycles. The van der Waals surface area contributed by atoms with Gasteiger partial charge >= 0.3 is 6.61 Å². The standard InChI is InChI=1S/C14H18F2O2/c1-10(2)6-5-8-12(17)11-7-3-4-9-13(11)18-14(15)16/h3-4,7,9-10,14H,5-6,8H2,1-2H3. The van der Waals surface area contributed by atoms with Crippen LogP contribution in [-0.2, 0) is 0 Å². The topological polar surface area (TPSA) is 26.3 Å². The second kappa shape index (κ2) is 7.09. The predicted molar refractivity (Wildman–Crippen MR) is 66.1 cm³/mol. The molecule has 0 aliphatic heterocycles. The third kappa shape index (κ3) is 4.82. The van der Waals surface area contributed by atoms with Crippen LogP contribution in [0.5, 0.6) is 5.75 Å². The molecule has 0 unspecified atom stereocenters. The van der Waals surface area contributed by atoms with E-state index in [2.05, 4.69) is 18.6 Å². The number of ether oxygens (including phenoxy) is 1. The second-order valence-electron chi connectivity index (χ2n) is 4.58. The summed E-state index contributed by atoms with van der Waals surface area (Å²) >= 11 is 0. The zero-order valence-corrected chi connectivity index (χ0v) is 10.7. The van der Waals surface area contributed by atoms with E-state index in [0.29, 0.717) is 12.3 Å². The monoisotopic (exact) mass is 256 g/mol. The van der Waals surface area contributed by atoms with E-state index in [-0.39, 0.29) is 17.1 Å². The number of carbonyl (C=O) groups is 1. The van der Waals surface area contributed by atoms with Crippen LogP contribution in [0.4, 0.5) is 8.78 Å². The van der Waals surface area contributed by atoms with Crippen molar-refractivity contribution in [3.63, 3.8) is 0 Å². The summed E-state index contributed by atoms with van der Waals surface area (Å²) < 4.78 is 28.7. The Bertz CT molecular complexity index is 389. The molecular formula is C14H18F2O2. The number of benzene rings is 1. The van der Waals surface area contributed by atoms with Crippen molar-refractivity contribution >= 4 is 5.78 Å². The van der Waals surface area contributed by atoms with E-state index in [4.69, 9.17) is 0 Å². The first-order chi connectivity index (χ1) is 8.50. The van der Waals surface area contributed by atoms with Crippen molar-refractivity contribution in [1.82, 2.24) is 0 Å². The van der Waals surface area contributed by atoms with Crippen molar-refractivity contribution in [3.8, 4) is 5.75 Å². The highest BCUT2D eigenvalue weighted by atomic mass is 19.3. The van der Waals surface area contributed by atoms with Crippen LogP contribution in [-0.4, -0.2) is 12.4 Å². The second-order valence-corrected chi connectivity index (χ2v) is 4.58. The molecule has 0 aliphatic rings. The average molecular weight is 256 g/mol. The van der Waals surface area contributed by atoms with Gasteiger partial charge in [0.15, 0.2) is 5.78 Å². The van der Waals surface area contributed by atoms with Gasteiger partial charge in [0.05, 0.1) is 5.56 Å². The molecule has 0 N–H and O–H groups in total. The number of alkyl halides is 2. The number of hydrogen-bond donors (Lipinski definition) is 0. The van der Waals surface area contributed by atoms with Crippen LogP contribution in [0.15, 0.2) is 24.3 Å². The van der Waals surface area contributed by atoms with Gasteiger partial charge in [0.1, 0.15) is 5.75 Å². The van der Waals surface area contributed by atoms with E-state index in [1.54, 1.807) is 12.1 Å². The highest BCUT2D eigenvalue weighted by Crippen LogP contribution is 2.22. The van der Waals surface area contributed by atoms with E-state index >= 15 is 0 Å². The number of Topliss-reactive ketones (excluding diaryl/α,β-unsaturated/α-hetero) is 1. The van der Waals surface area contributed by atoms with Crippen LogP contribution in [0.1, 0.15) is 43.5 Å². The molecule has 0 aromatic heterocycles. The maximum Gasteiger partial charge on any atom is 0.387 e. The van der Waals surface area contributed by atoms with E-state index in [1.165, 1.54) is 12.1 Å². The van der Waals surface area contributed by atoms with Gasteiger partial charge in [-0.25, -0.2) is 0 Å². The van der Waals surface area contributed by atoms with Gasteiger partial charge in [-0.05, 0) is 24.5 Å². The average Bonchev–Trinajstić information content (AvgIpc) is 2.28. The molecule has 0 atom stereocenters. The molecule has 0 saturated heterocycles. The summed E-state index contributed by atoms with van der Waals surface area (Å²) in [7, 11) is 0. The number of hydrogen-bond acceptors (Lipinski definition) is 2. The maximum atomic E-state index is 12.2. The molecule has 1 aromatic carbocycles. The normalized spacial score (nSPS) is 11.0. The van der Waals surface area contributed by atoms with Crippen molar-refractivity contribution < 1.29 is 18.3 Å². The lowest BCUT2D eigenvalue weighted by Crippen LogP contribution is -2.08. The lowest BCUT2D eigenvalue weighted by atomic mass is 10.0. The molecule has 1 rings (SSSR count). The fraction of sp³-hybridized carbons (Fsp3) is 0.500. The molecule has 18 heavy (non-hydrogen) atoms. The van der Waals surface area contributed by atoms with Crippen molar-refractivity contribution in [2.45, 2.75) is 39.7 Å². The summed E-state index contributed by atoms with van der Waals surface area (Å²) in [6.07, 6.45) is 2.07. The van der Waals surface area contributed by atoms with Gasteiger partial charge in [-0.1, -0.05) is 32.4 Å². The predicted octanol–water partition coefficient (Wildman–Crippen LogP) is 4.30. The Morgan fingerprint density at radius 1 is 1.28 bits per heavy atom. The zero-order valence-electron chi connectivity index (χ0n) is 10.7. The summed E-state index contributed by atoms with van der Waals surface area (Å²) in [5, 5.41) is 0. The molecule has 0 radical (unpaired) electrons. The lowest BCUT2D eigenvalue weighted by Gasteiger charge is -2.10. The zero-order chi connectivity index (χ0) is 13.5. The van der Waals surface area contributed by atoms with E-state index in [9.17, 15) is 13.6 Å². The number of rotatable bonds is 7. The van der Waals surface area contributed by atoms with Crippen LogP contribution in [0.25, 0.3) is 0 Å². The minimum absolute atomic E-state index is 0.0398. The van der Waals surface area contributed by atoms with Gasteiger partial charge in [-0.3, -0.25) is 4.79 Å². The minimum atomic E-state index is -2.91. The van der Waals surface area contributed by atoms with Gasteiger partial charge in [0, 0.05) is 6.42 Å². The minimum Gasteiger partial charge on any atom is -0.434 e. The number of ketones is 1. The fourth-order valence-corrected chi connectivity index (χ4v) is 1.70. The van der Waals surface area contributed by atoms with Crippen molar-refractivity contribution in [2.75, 3.05) is 0 Å². The van der Waals surface area contributed by atoms with Crippen molar-refractivity contribution in [3.05, 3.63) is 29.8 Å². The number of para-hydroxylation sites is 1. The Balaban J connectivity index is 2.66. The maximum absolute atomic E-state index is 12.2. The van der Waals surface area contributed by atoms with E-state index in [0.717, 1.165) is 12.8 Å². The van der Waals surface area contributed by atoms with Crippen LogP contribution >= 0.6 is 0 Å². The molecule has 4 heteroatoms. The third-order valence-corrected chi connectivity index (χ3v) is 2.59. The Kier molecular flexibility index (Phi) is 5.75. The van der Waals surface area contributed by atoms with Crippen LogP contribution in [0.3, 0.4) is 0 Å². The molecule has 0 fully saturated rings. The smallest absolute Gasteiger partial charge is 0.387 e. The Morgan fingerprint density at radius 2 is 1.94 bits per heavy atom. The van der Waals surface area contributed by atoms with Gasteiger partial charge < -0.3 is 4.74 Å². The number of carbonyl (C=O) groups excluding carboxylic acids is 1. The van der Waals surface area contributed by atoms with Crippen LogP contribution in [0, 0.1) is 5.92 Å². The first kappa shape index (κ1) is 14.6. The summed E-state index contributed by atoms with van der Waals surface area (Å²) in [5.74, 6) is 0.347. The highest BCUT2D eigenvalue weighted by Gasteiger charge is 2.14. The molecule has 1 aromatic rings. The molecule has 2 nitrogen and oxygen atoms in total. The van der Waals surface area contributed by atoms with Gasteiger partial charge in [0.2, 0.25) is 0 Å². The third-order valence-electron chi connectivity index (χ3n) is 2.59. The first-order valence-electron chi connectivity index (χ1n) is 6.07. The molecule has 100 valence electrons. The molecule has 0 amide bonds. The first-order valence-corrected chi connectivity index (χ1v) is 6.07. The molecular weight excluding hydrogens is 238 g/mol. The Morgan fingerprint density at radius 3 is 2.56 bits per heavy atom. The summed E-state index contributed by atoms with van der Waals surface area (Å²) in [6, 6.07) is 6.13. The SMILES string of the molecule is CC(C)CCCC(=O)c1ccccc1OC(F)F. The largest absolute Gasteiger partial charge is 0.434 e. The van der Waals surface area contributed by atoms with Gasteiger partial charge in [-0.2, -0.15) is 8.78 Å². The van der Waals surface area contributed by atoms with Crippen molar-refractivity contribution in [1.29, 1.82) is 0 Å². The van der Waals surface area contributed by atoms with E-state index < -0.39 is 6.61 Å². The molecule has 0 spiro atoms. The van der Waals surface area contributed by atoms with Gasteiger partial charge in [-0.15, -0.1) is 0 Å². The molecule has 0 bridgehead atoms.